The van der Waals surface area contributed by atoms with E-state index >= 15 is 0 Å². The molecule has 0 heterocycles. The van der Waals surface area contributed by atoms with Crippen LogP contribution in [0.2, 0.25) is 0 Å². The number of hydrogen-bond donors (Lipinski definition) is 1. The Kier molecular flexibility index (Phi) is 4.48. The molecule has 2 atom stereocenters. The minimum Gasteiger partial charge on any atom is -0.493 e. The fourth-order valence-corrected chi connectivity index (χ4v) is 2.18. The molecule has 0 aromatic heterocycles. The molecule has 0 radical (unpaired) electrons. The van der Waals surface area contributed by atoms with Gasteiger partial charge in [-0.25, -0.2) is 0 Å². The number of benzene rings is 1. The Morgan fingerprint density at radius 3 is 2.72 bits per heavy atom. The summed E-state index contributed by atoms with van der Waals surface area (Å²) in [7, 11) is 1.67. The van der Waals surface area contributed by atoms with Crippen molar-refractivity contribution >= 4 is 0 Å². The number of hydrogen-bond acceptors (Lipinski definition) is 3. The lowest BCUT2D eigenvalue weighted by atomic mass is 10.2. The van der Waals surface area contributed by atoms with Gasteiger partial charge in [-0.3, -0.25) is 0 Å². The van der Waals surface area contributed by atoms with Crippen molar-refractivity contribution in [2.24, 2.45) is 11.8 Å². The summed E-state index contributed by atoms with van der Waals surface area (Å²) in [6, 6.07) is 6.12. The Morgan fingerprint density at radius 1 is 1.33 bits per heavy atom. The van der Waals surface area contributed by atoms with Gasteiger partial charge in [0.1, 0.15) is 0 Å². The third-order valence-electron chi connectivity index (χ3n) is 3.54. The molecule has 1 fully saturated rings. The maximum atomic E-state index is 5.57. The van der Waals surface area contributed by atoms with E-state index in [4.69, 9.17) is 9.47 Å². The molecular formula is C15H23NO2. The van der Waals surface area contributed by atoms with Crippen LogP contribution in [0.15, 0.2) is 18.2 Å². The van der Waals surface area contributed by atoms with Gasteiger partial charge < -0.3 is 14.8 Å². The van der Waals surface area contributed by atoms with Gasteiger partial charge in [0.25, 0.3) is 0 Å². The maximum Gasteiger partial charge on any atom is 0.161 e. The van der Waals surface area contributed by atoms with E-state index in [0.717, 1.165) is 36.4 Å². The summed E-state index contributed by atoms with van der Waals surface area (Å²) in [4.78, 5) is 0. The average Bonchev–Trinajstić information content (AvgIpc) is 3.06. The van der Waals surface area contributed by atoms with Gasteiger partial charge in [0.2, 0.25) is 0 Å². The van der Waals surface area contributed by atoms with E-state index in [2.05, 4.69) is 24.4 Å². The minimum atomic E-state index is 0.660. The van der Waals surface area contributed by atoms with Gasteiger partial charge in [-0.05, 0) is 49.4 Å². The van der Waals surface area contributed by atoms with Crippen molar-refractivity contribution in [1.29, 1.82) is 0 Å². The lowest BCUT2D eigenvalue weighted by Crippen LogP contribution is -2.16. The molecular weight excluding hydrogens is 226 g/mol. The molecule has 1 aromatic rings. The second-order valence-electron chi connectivity index (χ2n) is 5.02. The molecule has 0 aliphatic heterocycles. The summed E-state index contributed by atoms with van der Waals surface area (Å²) in [5.41, 5.74) is 1.24. The van der Waals surface area contributed by atoms with Crippen LogP contribution in [0.25, 0.3) is 0 Å². The Balaban J connectivity index is 1.89. The lowest BCUT2D eigenvalue weighted by molar-refractivity contribution is 0.310. The first kappa shape index (κ1) is 13.2. The SMILES string of the molecule is CCOc1cc(CNCC2CC2C)ccc1OC. The molecule has 1 saturated carbocycles. The van der Waals surface area contributed by atoms with Crippen LogP contribution in [-0.2, 0) is 6.54 Å². The van der Waals surface area contributed by atoms with Gasteiger partial charge in [-0.15, -0.1) is 0 Å². The first-order valence-electron chi connectivity index (χ1n) is 6.75. The van der Waals surface area contributed by atoms with E-state index in [1.54, 1.807) is 7.11 Å². The molecule has 1 aromatic carbocycles. The minimum absolute atomic E-state index is 0.660. The van der Waals surface area contributed by atoms with E-state index in [9.17, 15) is 0 Å². The van der Waals surface area contributed by atoms with E-state index in [0.29, 0.717) is 6.61 Å². The monoisotopic (exact) mass is 249 g/mol. The second-order valence-corrected chi connectivity index (χ2v) is 5.02. The van der Waals surface area contributed by atoms with Crippen molar-refractivity contribution in [3.63, 3.8) is 0 Å². The van der Waals surface area contributed by atoms with Crippen LogP contribution < -0.4 is 14.8 Å². The van der Waals surface area contributed by atoms with E-state index in [1.165, 1.54) is 12.0 Å². The number of ether oxygens (including phenoxy) is 2. The molecule has 3 heteroatoms. The number of rotatable bonds is 7. The van der Waals surface area contributed by atoms with Crippen LogP contribution in [0.4, 0.5) is 0 Å². The summed E-state index contributed by atoms with van der Waals surface area (Å²) in [5, 5.41) is 3.50. The van der Waals surface area contributed by atoms with Gasteiger partial charge >= 0.3 is 0 Å². The molecule has 2 rings (SSSR count). The highest BCUT2D eigenvalue weighted by molar-refractivity contribution is 5.42. The van der Waals surface area contributed by atoms with Crippen LogP contribution >= 0.6 is 0 Å². The molecule has 1 N–H and O–H groups in total. The first-order chi connectivity index (χ1) is 8.74. The van der Waals surface area contributed by atoms with Gasteiger partial charge in [0.15, 0.2) is 11.5 Å². The largest absolute Gasteiger partial charge is 0.493 e. The lowest BCUT2D eigenvalue weighted by Gasteiger charge is -2.11. The Morgan fingerprint density at radius 2 is 2.11 bits per heavy atom. The normalized spacial score (nSPS) is 21.7. The highest BCUT2D eigenvalue weighted by Gasteiger charge is 2.31. The highest BCUT2D eigenvalue weighted by atomic mass is 16.5. The van der Waals surface area contributed by atoms with Gasteiger partial charge in [-0.2, -0.15) is 0 Å². The van der Waals surface area contributed by atoms with Crippen molar-refractivity contribution in [1.82, 2.24) is 5.32 Å². The molecule has 2 unspecified atom stereocenters. The third-order valence-corrected chi connectivity index (χ3v) is 3.54. The number of nitrogens with one attached hydrogen (secondary N) is 1. The highest BCUT2D eigenvalue weighted by Crippen LogP contribution is 2.36. The summed E-state index contributed by atoms with van der Waals surface area (Å²) in [6.45, 7) is 6.98. The van der Waals surface area contributed by atoms with Crippen molar-refractivity contribution in [3.05, 3.63) is 23.8 Å². The number of methoxy groups -OCH3 is 1. The average molecular weight is 249 g/mol. The summed E-state index contributed by atoms with van der Waals surface area (Å²) in [6.07, 6.45) is 1.37. The standard InChI is InChI=1S/C15H23NO2/c1-4-18-15-8-12(5-6-14(15)17-3)9-16-10-13-7-11(13)2/h5-6,8,11,13,16H,4,7,9-10H2,1-3H3. The first-order valence-corrected chi connectivity index (χ1v) is 6.75. The molecule has 0 amide bonds. The quantitative estimate of drug-likeness (QED) is 0.806. The van der Waals surface area contributed by atoms with Crippen LogP contribution in [0.3, 0.4) is 0 Å². The van der Waals surface area contributed by atoms with Crippen molar-refractivity contribution in [2.75, 3.05) is 20.3 Å². The van der Waals surface area contributed by atoms with Gasteiger partial charge in [0.05, 0.1) is 13.7 Å². The molecule has 3 nitrogen and oxygen atoms in total. The Labute approximate surface area is 109 Å². The molecule has 0 spiro atoms. The van der Waals surface area contributed by atoms with Crippen molar-refractivity contribution in [2.45, 2.75) is 26.8 Å². The van der Waals surface area contributed by atoms with Crippen LogP contribution in [0.5, 0.6) is 11.5 Å². The molecule has 1 aliphatic rings. The van der Waals surface area contributed by atoms with E-state index < -0.39 is 0 Å². The zero-order valence-corrected chi connectivity index (χ0v) is 11.5. The van der Waals surface area contributed by atoms with Gasteiger partial charge in [0, 0.05) is 6.54 Å². The zero-order chi connectivity index (χ0) is 13.0. The molecule has 0 bridgehead atoms. The summed E-state index contributed by atoms with van der Waals surface area (Å²) >= 11 is 0. The Hall–Kier alpha value is -1.22. The predicted octanol–water partition coefficient (Wildman–Crippen LogP) is 2.84. The summed E-state index contributed by atoms with van der Waals surface area (Å²) < 4.78 is 10.8. The van der Waals surface area contributed by atoms with E-state index in [-0.39, 0.29) is 0 Å². The van der Waals surface area contributed by atoms with Crippen molar-refractivity contribution in [3.8, 4) is 11.5 Å². The second kappa shape index (κ2) is 6.10. The van der Waals surface area contributed by atoms with Crippen LogP contribution in [0, 0.1) is 11.8 Å². The molecule has 18 heavy (non-hydrogen) atoms. The molecule has 100 valence electrons. The Bertz CT molecular complexity index is 392. The van der Waals surface area contributed by atoms with Gasteiger partial charge in [-0.1, -0.05) is 13.0 Å². The third kappa shape index (κ3) is 3.39. The van der Waals surface area contributed by atoms with E-state index in [1.807, 2.05) is 13.0 Å². The smallest absolute Gasteiger partial charge is 0.161 e. The topological polar surface area (TPSA) is 30.5 Å². The maximum absolute atomic E-state index is 5.57. The van der Waals surface area contributed by atoms with Crippen molar-refractivity contribution < 1.29 is 9.47 Å². The molecule has 0 saturated heterocycles. The zero-order valence-electron chi connectivity index (χ0n) is 11.5. The predicted molar refractivity (Wildman–Crippen MR) is 73.1 cm³/mol. The fourth-order valence-electron chi connectivity index (χ4n) is 2.18. The summed E-state index contributed by atoms with van der Waals surface area (Å²) in [5.74, 6) is 3.43. The molecule has 1 aliphatic carbocycles. The fraction of sp³-hybridized carbons (Fsp3) is 0.600. The van der Waals surface area contributed by atoms with Crippen LogP contribution in [0.1, 0.15) is 25.8 Å². The van der Waals surface area contributed by atoms with Crippen LogP contribution in [-0.4, -0.2) is 20.3 Å².